The Labute approximate surface area is 130 Å². The van der Waals surface area contributed by atoms with Gasteiger partial charge in [0.25, 0.3) is 0 Å². The van der Waals surface area contributed by atoms with Gasteiger partial charge in [-0.05, 0) is 33.6 Å². The van der Waals surface area contributed by atoms with E-state index in [2.05, 4.69) is 15.9 Å². The van der Waals surface area contributed by atoms with E-state index in [1.807, 2.05) is 0 Å². The molecule has 0 spiro atoms. The molecule has 0 atom stereocenters. The summed E-state index contributed by atoms with van der Waals surface area (Å²) in [6.45, 7) is 0. The average molecular weight is 376 g/mol. The van der Waals surface area contributed by atoms with Crippen molar-refractivity contribution in [1.29, 1.82) is 0 Å². The van der Waals surface area contributed by atoms with Crippen LogP contribution in [0.3, 0.4) is 0 Å². The van der Waals surface area contributed by atoms with Gasteiger partial charge in [-0.2, -0.15) is 0 Å². The van der Waals surface area contributed by atoms with E-state index in [0.717, 1.165) is 4.31 Å². The SMILES string of the molecule is CN(c1ccc(Br)c(F)c1F)S(=O)(=O)Cc1ccccc1. The van der Waals surface area contributed by atoms with E-state index in [1.54, 1.807) is 30.3 Å². The zero-order valence-electron chi connectivity index (χ0n) is 11.1. The van der Waals surface area contributed by atoms with Gasteiger partial charge in [0, 0.05) is 7.05 Å². The molecule has 0 N–H and O–H groups in total. The van der Waals surface area contributed by atoms with Crippen LogP contribution >= 0.6 is 15.9 Å². The van der Waals surface area contributed by atoms with E-state index in [1.165, 1.54) is 19.2 Å². The van der Waals surface area contributed by atoms with Crippen LogP contribution in [0.25, 0.3) is 0 Å². The van der Waals surface area contributed by atoms with Gasteiger partial charge in [0.05, 0.1) is 15.9 Å². The maximum absolute atomic E-state index is 13.9. The molecule has 0 radical (unpaired) electrons. The van der Waals surface area contributed by atoms with E-state index in [-0.39, 0.29) is 15.9 Å². The third-order valence-corrected chi connectivity index (χ3v) is 5.30. The zero-order valence-corrected chi connectivity index (χ0v) is 13.5. The van der Waals surface area contributed by atoms with Crippen molar-refractivity contribution in [2.75, 3.05) is 11.4 Å². The number of benzene rings is 2. The highest BCUT2D eigenvalue weighted by Gasteiger charge is 2.24. The van der Waals surface area contributed by atoms with Gasteiger partial charge in [-0.25, -0.2) is 17.2 Å². The summed E-state index contributed by atoms with van der Waals surface area (Å²) in [5.74, 6) is -2.61. The van der Waals surface area contributed by atoms with Gasteiger partial charge in [0.1, 0.15) is 0 Å². The monoisotopic (exact) mass is 375 g/mol. The van der Waals surface area contributed by atoms with Crippen molar-refractivity contribution in [3.05, 3.63) is 64.1 Å². The summed E-state index contributed by atoms with van der Waals surface area (Å²) in [5.41, 5.74) is 0.244. The predicted molar refractivity (Wildman–Crippen MR) is 81.5 cm³/mol. The molecule has 2 aromatic carbocycles. The molecular weight excluding hydrogens is 364 g/mol. The third kappa shape index (κ3) is 3.41. The Morgan fingerprint density at radius 3 is 2.29 bits per heavy atom. The average Bonchev–Trinajstić information content (AvgIpc) is 2.45. The number of anilines is 1. The number of hydrogen-bond donors (Lipinski definition) is 0. The van der Waals surface area contributed by atoms with Crippen LogP contribution in [0.2, 0.25) is 0 Å². The summed E-state index contributed by atoms with van der Waals surface area (Å²) in [6, 6.07) is 11.0. The van der Waals surface area contributed by atoms with Crippen molar-refractivity contribution in [2.24, 2.45) is 0 Å². The molecule has 2 aromatic rings. The van der Waals surface area contributed by atoms with Gasteiger partial charge in [0.2, 0.25) is 10.0 Å². The fourth-order valence-corrected chi connectivity index (χ4v) is 3.34. The summed E-state index contributed by atoms with van der Waals surface area (Å²) < 4.78 is 52.6. The number of nitrogens with zero attached hydrogens (tertiary/aromatic N) is 1. The van der Waals surface area contributed by atoms with Gasteiger partial charge in [-0.3, -0.25) is 4.31 Å². The summed E-state index contributed by atoms with van der Waals surface area (Å²) in [4.78, 5) is 0. The quantitative estimate of drug-likeness (QED) is 0.764. The van der Waals surface area contributed by atoms with Gasteiger partial charge in [-0.15, -0.1) is 0 Å². The fourth-order valence-electron chi connectivity index (χ4n) is 1.79. The minimum atomic E-state index is -3.81. The minimum Gasteiger partial charge on any atom is -0.270 e. The van der Waals surface area contributed by atoms with E-state index in [0.29, 0.717) is 5.56 Å². The summed E-state index contributed by atoms with van der Waals surface area (Å²) in [7, 11) is -2.61. The topological polar surface area (TPSA) is 37.4 Å². The Morgan fingerprint density at radius 2 is 1.67 bits per heavy atom. The predicted octanol–water partition coefficient (Wildman–Crippen LogP) is 3.69. The van der Waals surface area contributed by atoms with E-state index in [4.69, 9.17) is 0 Å². The first-order chi connectivity index (χ1) is 9.83. The molecule has 0 fully saturated rings. The van der Waals surface area contributed by atoms with Crippen LogP contribution in [-0.2, 0) is 15.8 Å². The Balaban J connectivity index is 2.35. The Morgan fingerprint density at radius 1 is 1.05 bits per heavy atom. The maximum atomic E-state index is 13.9. The van der Waals surface area contributed by atoms with Crippen molar-refractivity contribution < 1.29 is 17.2 Å². The lowest BCUT2D eigenvalue weighted by Crippen LogP contribution is -2.29. The van der Waals surface area contributed by atoms with Crippen LogP contribution in [0.5, 0.6) is 0 Å². The molecule has 21 heavy (non-hydrogen) atoms. The zero-order chi connectivity index (χ0) is 15.6. The van der Waals surface area contributed by atoms with Crippen molar-refractivity contribution in [3.8, 4) is 0 Å². The number of halogens is 3. The maximum Gasteiger partial charge on any atom is 0.239 e. The molecule has 0 saturated heterocycles. The van der Waals surface area contributed by atoms with Crippen LogP contribution in [0.1, 0.15) is 5.56 Å². The second-order valence-corrected chi connectivity index (χ2v) is 7.26. The molecule has 0 saturated carbocycles. The normalized spacial score (nSPS) is 11.4. The van der Waals surface area contributed by atoms with E-state index >= 15 is 0 Å². The molecule has 0 unspecified atom stereocenters. The first kappa shape index (κ1) is 15.9. The molecule has 0 aliphatic rings. The lowest BCUT2D eigenvalue weighted by molar-refractivity contribution is 0.505. The summed E-state index contributed by atoms with van der Waals surface area (Å²) in [5, 5.41) is 0. The molecule has 0 amide bonds. The summed E-state index contributed by atoms with van der Waals surface area (Å²) in [6.07, 6.45) is 0. The highest BCUT2D eigenvalue weighted by molar-refractivity contribution is 9.10. The largest absolute Gasteiger partial charge is 0.270 e. The Kier molecular flexibility index (Phi) is 4.63. The second-order valence-electron chi connectivity index (χ2n) is 4.40. The summed E-state index contributed by atoms with van der Waals surface area (Å²) >= 11 is 2.85. The molecular formula is C14H12BrF2NO2S. The first-order valence-electron chi connectivity index (χ1n) is 5.97. The minimum absolute atomic E-state index is 0.0578. The smallest absolute Gasteiger partial charge is 0.239 e. The van der Waals surface area contributed by atoms with Crippen molar-refractivity contribution in [3.63, 3.8) is 0 Å². The molecule has 0 bridgehead atoms. The van der Waals surface area contributed by atoms with E-state index in [9.17, 15) is 17.2 Å². The molecule has 0 heterocycles. The van der Waals surface area contributed by atoms with Gasteiger partial charge in [0.15, 0.2) is 11.6 Å². The molecule has 0 aliphatic heterocycles. The molecule has 7 heteroatoms. The number of rotatable bonds is 4. The third-order valence-electron chi connectivity index (χ3n) is 2.96. The van der Waals surface area contributed by atoms with Gasteiger partial charge < -0.3 is 0 Å². The lowest BCUT2D eigenvalue weighted by Gasteiger charge is -2.20. The number of sulfonamides is 1. The van der Waals surface area contributed by atoms with Crippen LogP contribution in [0, 0.1) is 11.6 Å². The first-order valence-corrected chi connectivity index (χ1v) is 8.37. The standard InChI is InChI=1S/C14H12BrF2NO2S/c1-18(12-8-7-11(15)13(16)14(12)17)21(19,20)9-10-5-3-2-4-6-10/h2-8H,9H2,1H3. The second kappa shape index (κ2) is 6.11. The molecule has 3 nitrogen and oxygen atoms in total. The molecule has 0 aliphatic carbocycles. The molecule has 112 valence electrons. The van der Waals surface area contributed by atoms with Crippen molar-refractivity contribution in [2.45, 2.75) is 5.75 Å². The highest BCUT2D eigenvalue weighted by atomic mass is 79.9. The highest BCUT2D eigenvalue weighted by Crippen LogP contribution is 2.28. The lowest BCUT2D eigenvalue weighted by atomic mass is 10.2. The van der Waals surface area contributed by atoms with Gasteiger partial charge >= 0.3 is 0 Å². The Hall–Kier alpha value is -1.47. The van der Waals surface area contributed by atoms with Crippen molar-refractivity contribution >= 4 is 31.6 Å². The van der Waals surface area contributed by atoms with Crippen LogP contribution in [0.4, 0.5) is 14.5 Å². The number of hydrogen-bond acceptors (Lipinski definition) is 2. The van der Waals surface area contributed by atoms with Crippen LogP contribution < -0.4 is 4.31 Å². The van der Waals surface area contributed by atoms with Gasteiger partial charge in [-0.1, -0.05) is 30.3 Å². The fraction of sp³-hybridized carbons (Fsp3) is 0.143. The van der Waals surface area contributed by atoms with Crippen LogP contribution in [0.15, 0.2) is 46.9 Å². The van der Waals surface area contributed by atoms with Crippen LogP contribution in [-0.4, -0.2) is 15.5 Å². The molecule has 2 rings (SSSR count). The Bertz CT molecular complexity index is 751. The van der Waals surface area contributed by atoms with Crippen molar-refractivity contribution in [1.82, 2.24) is 0 Å². The molecule has 0 aromatic heterocycles. The van der Waals surface area contributed by atoms with E-state index < -0.39 is 21.7 Å².